The molecular weight excluding hydrogens is 248 g/mol. The molecule has 18 heavy (non-hydrogen) atoms. The molecule has 0 amide bonds. The van der Waals surface area contributed by atoms with Gasteiger partial charge in [-0.2, -0.15) is 0 Å². The molecule has 0 fully saturated rings. The van der Waals surface area contributed by atoms with Gasteiger partial charge in [-0.15, -0.1) is 11.3 Å². The van der Waals surface area contributed by atoms with E-state index in [4.69, 9.17) is 5.11 Å². The zero-order chi connectivity index (χ0) is 12.5. The van der Waals surface area contributed by atoms with Crippen LogP contribution in [0.2, 0.25) is 0 Å². The minimum absolute atomic E-state index is 0.260. The molecule has 0 radical (unpaired) electrons. The van der Waals surface area contributed by atoms with Crippen molar-refractivity contribution >= 4 is 23.0 Å². The number of hydrogen-bond acceptors (Lipinski definition) is 3. The highest BCUT2D eigenvalue weighted by atomic mass is 32.1. The van der Waals surface area contributed by atoms with Crippen LogP contribution in [-0.4, -0.2) is 20.5 Å². The summed E-state index contributed by atoms with van der Waals surface area (Å²) in [5.74, 6) is -0.930. The van der Waals surface area contributed by atoms with Crippen LogP contribution < -0.4 is 0 Å². The first kappa shape index (κ1) is 11.0. The van der Waals surface area contributed by atoms with E-state index in [1.807, 2.05) is 22.0 Å². The van der Waals surface area contributed by atoms with Crippen molar-refractivity contribution < 1.29 is 9.90 Å². The van der Waals surface area contributed by atoms with Gasteiger partial charge in [0.15, 0.2) is 0 Å². The molecule has 0 aliphatic heterocycles. The number of imidazole rings is 1. The number of aromatic nitrogens is 2. The third kappa shape index (κ3) is 2.00. The first-order valence-corrected chi connectivity index (χ1v) is 6.33. The van der Waals surface area contributed by atoms with Gasteiger partial charge in [-0.05, 0) is 23.6 Å². The van der Waals surface area contributed by atoms with Gasteiger partial charge in [0, 0.05) is 23.7 Å². The second-order valence-corrected chi connectivity index (χ2v) is 5.01. The Hall–Kier alpha value is -2.14. The molecule has 0 aliphatic carbocycles. The maximum Gasteiger partial charge on any atom is 0.335 e. The Kier molecular flexibility index (Phi) is 2.60. The first-order valence-electron chi connectivity index (χ1n) is 5.46. The predicted molar refractivity (Wildman–Crippen MR) is 69.3 cm³/mol. The highest BCUT2D eigenvalue weighted by molar-refractivity contribution is 7.09. The Morgan fingerprint density at radius 3 is 3.06 bits per heavy atom. The van der Waals surface area contributed by atoms with E-state index in [-0.39, 0.29) is 5.56 Å². The maximum absolute atomic E-state index is 10.9. The highest BCUT2D eigenvalue weighted by Crippen LogP contribution is 2.15. The number of thiophene rings is 1. The first-order chi connectivity index (χ1) is 8.72. The fraction of sp³-hybridized carbons (Fsp3) is 0.0769. The zero-order valence-electron chi connectivity index (χ0n) is 9.41. The van der Waals surface area contributed by atoms with Crippen molar-refractivity contribution in [3.05, 3.63) is 58.2 Å². The topological polar surface area (TPSA) is 54.6 Å². The molecule has 0 aliphatic rings. The fourth-order valence-corrected chi connectivity index (χ4v) is 2.56. The standard InChI is InChI=1S/C13H10N2O2S/c16-13(17)9-3-4-15-8-10(14-12(15)6-9)7-11-2-1-5-18-11/h1-6,8H,7H2,(H,16,17). The lowest BCUT2D eigenvalue weighted by Crippen LogP contribution is -1.96. The van der Waals surface area contributed by atoms with Gasteiger partial charge in [-0.25, -0.2) is 9.78 Å². The summed E-state index contributed by atoms with van der Waals surface area (Å²) < 4.78 is 1.84. The molecule has 3 aromatic heterocycles. The molecule has 3 aromatic rings. The van der Waals surface area contributed by atoms with Crippen molar-refractivity contribution in [3.63, 3.8) is 0 Å². The summed E-state index contributed by atoms with van der Waals surface area (Å²) in [5, 5.41) is 11.0. The van der Waals surface area contributed by atoms with E-state index in [2.05, 4.69) is 11.1 Å². The van der Waals surface area contributed by atoms with Crippen LogP contribution in [0.25, 0.3) is 5.65 Å². The molecule has 3 heterocycles. The minimum atomic E-state index is -0.930. The van der Waals surface area contributed by atoms with E-state index in [1.165, 1.54) is 4.88 Å². The Morgan fingerprint density at radius 1 is 1.44 bits per heavy atom. The van der Waals surface area contributed by atoms with Gasteiger partial charge in [0.25, 0.3) is 0 Å². The second kappa shape index (κ2) is 4.27. The molecule has 0 spiro atoms. The Morgan fingerprint density at radius 2 is 2.33 bits per heavy atom. The van der Waals surface area contributed by atoms with Crippen molar-refractivity contribution in [2.45, 2.75) is 6.42 Å². The molecule has 1 N–H and O–H groups in total. The molecule has 0 bridgehead atoms. The number of nitrogens with zero attached hydrogens (tertiary/aromatic N) is 2. The fourth-order valence-electron chi connectivity index (χ4n) is 1.84. The lowest BCUT2D eigenvalue weighted by atomic mass is 10.3. The summed E-state index contributed by atoms with van der Waals surface area (Å²) in [6.07, 6.45) is 4.44. The lowest BCUT2D eigenvalue weighted by molar-refractivity contribution is 0.0697. The summed E-state index contributed by atoms with van der Waals surface area (Å²) in [5.41, 5.74) is 1.87. The number of fused-ring (bicyclic) bond motifs is 1. The molecule has 4 nitrogen and oxygen atoms in total. The molecule has 0 unspecified atom stereocenters. The van der Waals surface area contributed by atoms with Gasteiger partial charge < -0.3 is 9.51 Å². The summed E-state index contributed by atoms with van der Waals surface area (Å²) in [7, 11) is 0. The van der Waals surface area contributed by atoms with Crippen molar-refractivity contribution in [2.24, 2.45) is 0 Å². The zero-order valence-corrected chi connectivity index (χ0v) is 10.2. The number of hydrogen-bond donors (Lipinski definition) is 1. The Bertz CT molecular complexity index is 701. The van der Waals surface area contributed by atoms with E-state index >= 15 is 0 Å². The maximum atomic E-state index is 10.9. The van der Waals surface area contributed by atoms with Gasteiger partial charge in [-0.3, -0.25) is 0 Å². The van der Waals surface area contributed by atoms with E-state index in [0.29, 0.717) is 5.65 Å². The van der Waals surface area contributed by atoms with Crippen molar-refractivity contribution in [2.75, 3.05) is 0 Å². The van der Waals surface area contributed by atoms with Gasteiger partial charge in [0.2, 0.25) is 0 Å². The highest BCUT2D eigenvalue weighted by Gasteiger charge is 2.07. The number of rotatable bonds is 3. The smallest absolute Gasteiger partial charge is 0.335 e. The quantitative estimate of drug-likeness (QED) is 0.785. The van der Waals surface area contributed by atoms with Crippen LogP contribution in [0.4, 0.5) is 0 Å². The summed E-state index contributed by atoms with van der Waals surface area (Å²) in [4.78, 5) is 16.6. The van der Waals surface area contributed by atoms with E-state index in [1.54, 1.807) is 29.7 Å². The average Bonchev–Trinajstić information content (AvgIpc) is 2.96. The second-order valence-electron chi connectivity index (χ2n) is 3.97. The molecule has 0 saturated heterocycles. The summed E-state index contributed by atoms with van der Waals surface area (Å²) in [6.45, 7) is 0. The van der Waals surface area contributed by atoms with E-state index < -0.39 is 5.97 Å². The Balaban J connectivity index is 1.98. The Labute approximate surface area is 107 Å². The van der Waals surface area contributed by atoms with E-state index in [9.17, 15) is 4.79 Å². The number of carboxylic acids is 1. The van der Waals surface area contributed by atoms with Gasteiger partial charge in [-0.1, -0.05) is 6.07 Å². The van der Waals surface area contributed by atoms with Crippen LogP contribution in [0.1, 0.15) is 20.9 Å². The SMILES string of the molecule is O=C(O)c1ccn2cc(Cc3cccs3)nc2c1. The van der Waals surface area contributed by atoms with Crippen LogP contribution in [0.5, 0.6) is 0 Å². The summed E-state index contributed by atoms with van der Waals surface area (Å²) >= 11 is 1.69. The third-order valence-corrected chi connectivity index (χ3v) is 3.57. The number of aromatic carboxylic acids is 1. The largest absolute Gasteiger partial charge is 0.478 e. The normalized spacial score (nSPS) is 10.9. The van der Waals surface area contributed by atoms with Gasteiger partial charge >= 0.3 is 5.97 Å². The monoisotopic (exact) mass is 258 g/mol. The number of carboxylic acid groups (broad SMARTS) is 1. The summed E-state index contributed by atoms with van der Waals surface area (Å²) in [6, 6.07) is 7.24. The van der Waals surface area contributed by atoms with Gasteiger partial charge in [0.05, 0.1) is 11.3 Å². The van der Waals surface area contributed by atoms with Crippen molar-refractivity contribution in [3.8, 4) is 0 Å². The predicted octanol–water partition coefficient (Wildman–Crippen LogP) is 2.68. The molecule has 5 heteroatoms. The van der Waals surface area contributed by atoms with Crippen LogP contribution in [0.3, 0.4) is 0 Å². The minimum Gasteiger partial charge on any atom is -0.478 e. The van der Waals surface area contributed by atoms with Crippen LogP contribution >= 0.6 is 11.3 Å². The van der Waals surface area contributed by atoms with E-state index in [0.717, 1.165) is 12.1 Å². The van der Waals surface area contributed by atoms with Crippen LogP contribution in [0, 0.1) is 0 Å². The molecular formula is C13H10N2O2S. The van der Waals surface area contributed by atoms with Crippen LogP contribution in [0.15, 0.2) is 42.0 Å². The molecule has 90 valence electrons. The molecule has 0 saturated carbocycles. The lowest BCUT2D eigenvalue weighted by Gasteiger charge is -1.94. The van der Waals surface area contributed by atoms with Crippen LogP contribution in [-0.2, 0) is 6.42 Å². The average molecular weight is 258 g/mol. The number of pyridine rings is 1. The van der Waals surface area contributed by atoms with Crippen molar-refractivity contribution in [1.82, 2.24) is 9.38 Å². The number of carbonyl (C=O) groups is 1. The van der Waals surface area contributed by atoms with Crippen molar-refractivity contribution in [1.29, 1.82) is 0 Å². The molecule has 3 rings (SSSR count). The van der Waals surface area contributed by atoms with Gasteiger partial charge in [0.1, 0.15) is 5.65 Å². The molecule has 0 aromatic carbocycles. The molecule has 0 atom stereocenters. The third-order valence-electron chi connectivity index (χ3n) is 2.69.